The first-order valence-electron chi connectivity index (χ1n) is 35.5. The van der Waals surface area contributed by atoms with Gasteiger partial charge in [0, 0.05) is 55.0 Å². The van der Waals surface area contributed by atoms with Crippen molar-refractivity contribution in [3.8, 4) is 5.75 Å². The van der Waals surface area contributed by atoms with Gasteiger partial charge in [0.15, 0.2) is 11.9 Å². The number of Topliss-reactive ketones (excluding diaryl/α,β-unsaturated/α-hetero) is 1. The van der Waals surface area contributed by atoms with Gasteiger partial charge >= 0.3 is 18.0 Å². The number of thioether (sulfide) groups is 1. The smallest absolute Gasteiger partial charge is 0.347 e. The first-order chi connectivity index (χ1) is 48.8. The third kappa shape index (κ3) is 35.2. The zero-order valence-corrected chi connectivity index (χ0v) is 59.8. The van der Waals surface area contributed by atoms with E-state index in [-0.39, 0.29) is 98.8 Å². The van der Waals surface area contributed by atoms with E-state index in [1.54, 1.807) is 25.3 Å². The maximum atomic E-state index is 13.7. The Bertz CT molecular complexity index is 2690. The molecule has 4 aliphatic heterocycles. The molecule has 7 N–H and O–H groups in total. The summed E-state index contributed by atoms with van der Waals surface area (Å²) in [5.74, 6) is -0.875. The third-order valence-electron chi connectivity index (χ3n) is 16.6. The molecule has 4 aliphatic rings. The summed E-state index contributed by atoms with van der Waals surface area (Å²) in [6, 6.07) is 14.5. The Hall–Kier alpha value is -6.06. The molecule has 2 aromatic rings. The second-order valence-corrected chi connectivity index (χ2v) is 26.3. The SMILES string of the molecule is COc1ccc(CC2NC(=O)/C=C/C[C@@H]([C@H](C)[C@@H]3O[C@H]3c3ccc(NCOCCOCCOCCOCCOCCOCCOCCOCCOCCOCCNC(=O)CCCCCNC(=O)CCCC[C@@H]4SC[C@@H]5NC(=O)N[C@@H]54)cc3)OC(=O)[C@H](CC(C)C)OC(=O)CNCC2=O)cc1. The Kier molecular flexibility index (Phi) is 41.7. The molecular formula is C71H111N7O21S. The van der Waals surface area contributed by atoms with Crippen LogP contribution in [0, 0.1) is 11.8 Å². The average molecular weight is 1430 g/mol. The normalized spacial score (nSPS) is 21.7. The highest BCUT2D eigenvalue weighted by Crippen LogP contribution is 2.45. The largest absolute Gasteiger partial charge is 0.497 e. The van der Waals surface area contributed by atoms with Crippen LogP contribution in [0.25, 0.3) is 0 Å². The van der Waals surface area contributed by atoms with E-state index in [1.165, 1.54) is 6.08 Å². The zero-order chi connectivity index (χ0) is 71.2. The van der Waals surface area contributed by atoms with Gasteiger partial charge in [-0.2, -0.15) is 11.8 Å². The highest BCUT2D eigenvalue weighted by Gasteiger charge is 2.48. The number of rotatable bonds is 52. The molecule has 9 atom stereocenters. The van der Waals surface area contributed by atoms with Gasteiger partial charge in [0.1, 0.15) is 24.7 Å². The second-order valence-electron chi connectivity index (χ2n) is 25.0. The summed E-state index contributed by atoms with van der Waals surface area (Å²) >= 11 is 1.90. The van der Waals surface area contributed by atoms with Crippen LogP contribution in [0.1, 0.15) is 102 Å². The molecule has 6 rings (SSSR count). The number of hydrogen-bond donors (Lipinski definition) is 7. The molecule has 0 aromatic heterocycles. The van der Waals surface area contributed by atoms with Gasteiger partial charge in [-0.1, -0.05) is 64.0 Å². The number of ether oxygens (including phenoxy) is 14. The van der Waals surface area contributed by atoms with E-state index in [2.05, 4.69) is 37.2 Å². The van der Waals surface area contributed by atoms with Crippen molar-refractivity contribution in [1.29, 1.82) is 0 Å². The Morgan fingerprint density at radius 2 is 1.17 bits per heavy atom. The highest BCUT2D eigenvalue weighted by molar-refractivity contribution is 8.00. The lowest BCUT2D eigenvalue weighted by atomic mass is 9.93. The fraction of sp³-hybridized carbons (Fsp3) is 0.704. The molecule has 0 bridgehead atoms. The van der Waals surface area contributed by atoms with Crippen molar-refractivity contribution in [2.45, 2.75) is 139 Å². The summed E-state index contributed by atoms with van der Waals surface area (Å²) in [5, 5.41) is 21.1. The molecule has 29 heteroatoms. The number of nitrogens with one attached hydrogen (secondary N) is 7. The maximum absolute atomic E-state index is 13.7. The third-order valence-corrected chi connectivity index (χ3v) is 18.2. The van der Waals surface area contributed by atoms with Crippen LogP contribution in [-0.4, -0.2) is 254 Å². The van der Waals surface area contributed by atoms with Gasteiger partial charge in [-0.25, -0.2) is 9.59 Å². The van der Waals surface area contributed by atoms with Crippen molar-refractivity contribution < 1.29 is 99.9 Å². The fourth-order valence-corrected chi connectivity index (χ4v) is 12.7. The van der Waals surface area contributed by atoms with E-state index >= 15 is 0 Å². The molecule has 0 radical (unpaired) electrons. The lowest BCUT2D eigenvalue weighted by Crippen LogP contribution is -2.46. The molecule has 0 saturated carbocycles. The van der Waals surface area contributed by atoms with E-state index in [1.807, 2.05) is 68.9 Å². The number of hydrogen-bond acceptors (Lipinski definition) is 24. The number of unbranched alkanes of at least 4 members (excludes halogenated alkanes) is 3. The summed E-state index contributed by atoms with van der Waals surface area (Å²) in [7, 11) is 1.56. The molecule has 4 heterocycles. The summed E-state index contributed by atoms with van der Waals surface area (Å²) in [4.78, 5) is 89.2. The number of urea groups is 1. The number of fused-ring (bicyclic) bond motifs is 1. The van der Waals surface area contributed by atoms with Crippen LogP contribution in [0.2, 0.25) is 0 Å². The number of carbonyl (C=O) groups is 7. The standard InChI is InChI=1S/C71H111N7O21S/c1-51(2)45-61-70(84)98-60(11-10-15-65(82)76-57(59(79)47-72-48-66(83)97-61)46-53-16-22-56(86-4)23-17-53)52(3)68-69(99-68)54-18-20-55(21-19-54)75-50-96-44-43-95-42-41-94-40-39-93-38-37-92-36-35-91-34-33-90-32-31-89-30-29-88-28-27-87-26-25-74-64(81)13-6-5-9-24-73-63(80)14-8-7-12-62-67-58(49-100-62)77-71(85)78-67/h10,15-23,51-52,57-58,60-62,67-69,72,75H,5-9,11-14,24-50H2,1-4H3,(H,73,80)(H,74,81)(H,76,82)(H2,77,78,85)/b15-10+/t52-,57?,58-,60-,61-,62-,67-,68-,69-/m0/s1. The Morgan fingerprint density at radius 3 is 1.75 bits per heavy atom. The molecule has 28 nitrogen and oxygen atoms in total. The quantitative estimate of drug-likeness (QED) is 0.0157. The number of benzene rings is 2. The van der Waals surface area contributed by atoms with E-state index in [4.69, 9.17) is 66.3 Å². The van der Waals surface area contributed by atoms with Gasteiger partial charge in [0.2, 0.25) is 17.7 Å². The van der Waals surface area contributed by atoms with Crippen LogP contribution in [0.5, 0.6) is 5.75 Å². The van der Waals surface area contributed by atoms with Gasteiger partial charge in [-0.3, -0.25) is 29.3 Å². The number of epoxide rings is 1. The monoisotopic (exact) mass is 1430 g/mol. The van der Waals surface area contributed by atoms with E-state index in [9.17, 15) is 33.6 Å². The zero-order valence-electron chi connectivity index (χ0n) is 59.0. The van der Waals surface area contributed by atoms with Crippen molar-refractivity contribution in [1.82, 2.24) is 31.9 Å². The van der Waals surface area contributed by atoms with Crippen molar-refractivity contribution in [3.63, 3.8) is 0 Å². The summed E-state index contributed by atoms with van der Waals surface area (Å²) in [5.41, 5.74) is 2.59. The first-order valence-corrected chi connectivity index (χ1v) is 36.5. The minimum Gasteiger partial charge on any atom is -0.497 e. The van der Waals surface area contributed by atoms with Crippen LogP contribution < -0.4 is 42.0 Å². The molecule has 1 unspecified atom stereocenters. The van der Waals surface area contributed by atoms with Gasteiger partial charge < -0.3 is 98.2 Å². The number of anilines is 1. The lowest BCUT2D eigenvalue weighted by molar-refractivity contribution is -0.174. The Morgan fingerprint density at radius 1 is 0.610 bits per heavy atom. The Balaban J connectivity index is 0.659. The molecule has 562 valence electrons. The van der Waals surface area contributed by atoms with Crippen molar-refractivity contribution in [3.05, 3.63) is 71.8 Å². The summed E-state index contributed by atoms with van der Waals surface area (Å²) in [6.45, 7) is 14.8. The van der Waals surface area contributed by atoms with E-state index < -0.39 is 36.1 Å². The minimum absolute atomic E-state index is 0.00210. The second kappa shape index (κ2) is 50.3. The topological polar surface area (TPSA) is 336 Å². The van der Waals surface area contributed by atoms with Gasteiger partial charge in [-0.15, -0.1) is 0 Å². The van der Waals surface area contributed by atoms with Crippen molar-refractivity contribution >= 4 is 58.9 Å². The van der Waals surface area contributed by atoms with Crippen molar-refractivity contribution in [2.75, 3.05) is 177 Å². The van der Waals surface area contributed by atoms with Crippen LogP contribution in [0.3, 0.4) is 0 Å². The van der Waals surface area contributed by atoms with Crippen molar-refractivity contribution in [2.24, 2.45) is 11.8 Å². The predicted molar refractivity (Wildman–Crippen MR) is 373 cm³/mol. The average Bonchev–Trinajstić information content (AvgIpc) is 1.65. The number of amides is 5. The van der Waals surface area contributed by atoms with Crippen LogP contribution >= 0.6 is 11.8 Å². The minimum atomic E-state index is -1.17. The number of ketones is 1. The van der Waals surface area contributed by atoms with Crippen LogP contribution in [0.15, 0.2) is 60.7 Å². The molecule has 3 saturated heterocycles. The summed E-state index contributed by atoms with van der Waals surface area (Å²) < 4.78 is 78.9. The fourth-order valence-electron chi connectivity index (χ4n) is 11.1. The van der Waals surface area contributed by atoms with Gasteiger partial charge in [0.25, 0.3) is 0 Å². The molecule has 3 fully saturated rings. The molecular weight excluding hydrogens is 1320 g/mol. The Labute approximate surface area is 593 Å². The summed E-state index contributed by atoms with van der Waals surface area (Å²) in [6.07, 6.45) is 7.34. The molecule has 100 heavy (non-hydrogen) atoms. The van der Waals surface area contributed by atoms with E-state index in [0.29, 0.717) is 162 Å². The number of esters is 2. The number of carbonyl (C=O) groups excluding carboxylic acids is 7. The van der Waals surface area contributed by atoms with Gasteiger partial charge in [0.05, 0.1) is 170 Å². The molecule has 2 aromatic carbocycles. The van der Waals surface area contributed by atoms with E-state index in [0.717, 1.165) is 61.1 Å². The molecule has 0 aliphatic carbocycles. The first kappa shape index (κ1) is 82.9. The van der Waals surface area contributed by atoms with Gasteiger partial charge in [-0.05, 0) is 85.9 Å². The van der Waals surface area contributed by atoms with Crippen LogP contribution in [0.4, 0.5) is 10.5 Å². The molecule has 0 spiro atoms. The predicted octanol–water partition coefficient (Wildman–Crippen LogP) is 4.54. The number of cyclic esters (lactones) is 2. The maximum Gasteiger partial charge on any atom is 0.347 e. The lowest BCUT2D eigenvalue weighted by Gasteiger charge is -2.26. The van der Waals surface area contributed by atoms with Crippen LogP contribution in [-0.2, 0) is 96.8 Å². The number of methoxy groups -OCH3 is 1. The highest BCUT2D eigenvalue weighted by atomic mass is 32.2. The molecule has 5 amide bonds.